The normalized spacial score (nSPS) is 17.0. The minimum absolute atomic E-state index is 0.211. The smallest absolute Gasteiger partial charge is 0.277 e. The summed E-state index contributed by atoms with van der Waals surface area (Å²) in [5, 5.41) is 12.2. The van der Waals surface area contributed by atoms with Gasteiger partial charge in [-0.15, -0.1) is 0 Å². The number of nitrogens with zero attached hydrogens (tertiary/aromatic N) is 3. The molecule has 1 saturated heterocycles. The van der Waals surface area contributed by atoms with Crippen LogP contribution in [-0.4, -0.2) is 45.6 Å². The number of likely N-dealkylation sites (tertiary alicyclic amines) is 1. The second-order valence-corrected chi connectivity index (χ2v) is 6.24. The van der Waals surface area contributed by atoms with Crippen LogP contribution in [0.5, 0.6) is 0 Å². The molecule has 3 N–H and O–H groups in total. The zero-order valence-corrected chi connectivity index (χ0v) is 14.3. The van der Waals surface area contributed by atoms with Crippen LogP contribution in [0.4, 0.5) is 5.95 Å². The first-order chi connectivity index (χ1) is 12.2. The number of hydroxylamine groups is 1. The van der Waals surface area contributed by atoms with E-state index in [4.69, 9.17) is 5.21 Å². The number of hydrogen-bond donors (Lipinski definition) is 3. The van der Waals surface area contributed by atoms with E-state index >= 15 is 0 Å². The molecule has 0 aliphatic carbocycles. The van der Waals surface area contributed by atoms with Gasteiger partial charge in [-0.2, -0.15) is 0 Å². The van der Waals surface area contributed by atoms with E-state index in [1.807, 2.05) is 18.2 Å². The molecule has 2 heterocycles. The van der Waals surface area contributed by atoms with Crippen LogP contribution in [0.1, 0.15) is 35.7 Å². The van der Waals surface area contributed by atoms with Gasteiger partial charge < -0.3 is 10.2 Å². The van der Waals surface area contributed by atoms with E-state index in [-0.39, 0.29) is 11.1 Å². The Morgan fingerprint density at radius 3 is 2.40 bits per heavy atom. The molecule has 3 rings (SSSR count). The van der Waals surface area contributed by atoms with Crippen LogP contribution < -0.4 is 10.8 Å². The monoisotopic (exact) mass is 341 g/mol. The average Bonchev–Trinajstić information content (AvgIpc) is 2.69. The molecular weight excluding hydrogens is 318 g/mol. The first kappa shape index (κ1) is 17.3. The molecule has 7 heteroatoms. The second kappa shape index (κ2) is 7.58. The molecule has 0 radical (unpaired) electrons. The lowest BCUT2D eigenvalue weighted by atomic mass is 9.81. The highest BCUT2D eigenvalue weighted by molar-refractivity contribution is 5.92. The van der Waals surface area contributed by atoms with Crippen molar-refractivity contribution in [1.82, 2.24) is 20.3 Å². The van der Waals surface area contributed by atoms with E-state index in [2.05, 4.69) is 39.2 Å². The van der Waals surface area contributed by atoms with Gasteiger partial charge >= 0.3 is 0 Å². The van der Waals surface area contributed by atoms with Crippen LogP contribution in [0.15, 0.2) is 42.7 Å². The van der Waals surface area contributed by atoms with Crippen LogP contribution in [-0.2, 0) is 5.54 Å². The molecule has 1 fully saturated rings. The summed E-state index contributed by atoms with van der Waals surface area (Å²) < 4.78 is 0. The van der Waals surface area contributed by atoms with Crippen molar-refractivity contribution >= 4 is 11.9 Å². The zero-order valence-electron chi connectivity index (χ0n) is 14.3. The maximum Gasteiger partial charge on any atom is 0.277 e. The Morgan fingerprint density at radius 2 is 1.84 bits per heavy atom. The summed E-state index contributed by atoms with van der Waals surface area (Å²) in [7, 11) is 0. The SMILES string of the molecule is CCN1CCC(Nc2ncc(C(=O)NO)cn2)(c2ccccc2)CC1. The number of piperidine rings is 1. The van der Waals surface area contributed by atoms with Crippen molar-refractivity contribution in [3.05, 3.63) is 53.9 Å². The van der Waals surface area contributed by atoms with Gasteiger partial charge in [0.1, 0.15) is 0 Å². The highest BCUT2D eigenvalue weighted by Crippen LogP contribution is 2.35. The van der Waals surface area contributed by atoms with Gasteiger partial charge in [-0.25, -0.2) is 15.4 Å². The van der Waals surface area contributed by atoms with Crippen molar-refractivity contribution < 1.29 is 10.0 Å². The average molecular weight is 341 g/mol. The number of carbonyl (C=O) groups is 1. The Bertz CT molecular complexity index is 697. The zero-order chi connectivity index (χ0) is 17.7. The van der Waals surface area contributed by atoms with E-state index in [9.17, 15) is 4.79 Å². The number of aromatic nitrogens is 2. The largest absolute Gasteiger partial charge is 0.345 e. The predicted octanol–water partition coefficient (Wildman–Crippen LogP) is 2.02. The first-order valence-electron chi connectivity index (χ1n) is 8.49. The van der Waals surface area contributed by atoms with E-state index in [1.165, 1.54) is 18.0 Å². The van der Waals surface area contributed by atoms with Gasteiger partial charge in [0.15, 0.2) is 0 Å². The first-order valence-corrected chi connectivity index (χ1v) is 8.49. The predicted molar refractivity (Wildman–Crippen MR) is 94.4 cm³/mol. The standard InChI is InChI=1S/C18H23N5O2/c1-2-23-10-8-18(9-11-23,15-6-4-3-5-7-15)21-17-19-12-14(13-20-17)16(24)22-25/h3-7,12-13,25H,2,8-11H2,1H3,(H,22,24)(H,19,20,21). The molecule has 1 aliphatic rings. The summed E-state index contributed by atoms with van der Waals surface area (Å²) in [6, 6.07) is 10.3. The van der Waals surface area contributed by atoms with Gasteiger partial charge in [-0.1, -0.05) is 37.3 Å². The van der Waals surface area contributed by atoms with E-state index < -0.39 is 5.91 Å². The third-order valence-corrected chi connectivity index (χ3v) is 4.85. The van der Waals surface area contributed by atoms with Crippen LogP contribution in [0, 0.1) is 0 Å². The second-order valence-electron chi connectivity index (χ2n) is 6.24. The van der Waals surface area contributed by atoms with Crippen LogP contribution in [0.3, 0.4) is 0 Å². The molecule has 0 atom stereocenters. The molecule has 132 valence electrons. The van der Waals surface area contributed by atoms with Gasteiger partial charge in [-0.05, 0) is 24.9 Å². The summed E-state index contributed by atoms with van der Waals surface area (Å²) in [6.45, 7) is 5.23. The topological polar surface area (TPSA) is 90.4 Å². The number of carbonyl (C=O) groups excluding carboxylic acids is 1. The molecule has 1 aliphatic heterocycles. The Kier molecular flexibility index (Phi) is 5.25. The number of hydrogen-bond acceptors (Lipinski definition) is 6. The highest BCUT2D eigenvalue weighted by Gasteiger charge is 2.36. The molecule has 25 heavy (non-hydrogen) atoms. The van der Waals surface area contributed by atoms with Crippen molar-refractivity contribution in [1.29, 1.82) is 0 Å². The molecule has 2 aromatic rings. The van der Waals surface area contributed by atoms with Crippen molar-refractivity contribution in [2.45, 2.75) is 25.3 Å². The molecule has 1 amide bonds. The fraction of sp³-hybridized carbons (Fsp3) is 0.389. The Morgan fingerprint density at radius 1 is 1.20 bits per heavy atom. The lowest BCUT2D eigenvalue weighted by Crippen LogP contribution is -2.47. The molecule has 7 nitrogen and oxygen atoms in total. The molecule has 0 bridgehead atoms. The van der Waals surface area contributed by atoms with Gasteiger partial charge in [0.05, 0.1) is 11.1 Å². The molecule has 0 saturated carbocycles. The number of rotatable bonds is 5. The van der Waals surface area contributed by atoms with Crippen molar-refractivity contribution in [2.75, 3.05) is 25.0 Å². The fourth-order valence-corrected chi connectivity index (χ4v) is 3.28. The summed E-state index contributed by atoms with van der Waals surface area (Å²) in [4.78, 5) is 22.3. The van der Waals surface area contributed by atoms with Gasteiger partial charge in [0.25, 0.3) is 5.91 Å². The molecule has 0 spiro atoms. The van der Waals surface area contributed by atoms with Crippen molar-refractivity contribution in [2.24, 2.45) is 0 Å². The summed E-state index contributed by atoms with van der Waals surface area (Å²) in [6.07, 6.45) is 4.71. The van der Waals surface area contributed by atoms with Crippen molar-refractivity contribution in [3.63, 3.8) is 0 Å². The lowest BCUT2D eigenvalue weighted by Gasteiger charge is -2.42. The third-order valence-electron chi connectivity index (χ3n) is 4.85. The van der Waals surface area contributed by atoms with Gasteiger partial charge in [0.2, 0.25) is 5.95 Å². The number of anilines is 1. The molecule has 0 unspecified atom stereocenters. The number of amides is 1. The summed E-state index contributed by atoms with van der Waals surface area (Å²) in [5.74, 6) is -0.149. The Hall–Kier alpha value is -2.51. The van der Waals surface area contributed by atoms with Gasteiger partial charge in [0, 0.05) is 25.5 Å². The van der Waals surface area contributed by atoms with E-state index in [0.717, 1.165) is 32.5 Å². The maximum atomic E-state index is 11.4. The number of nitrogens with one attached hydrogen (secondary N) is 2. The van der Waals surface area contributed by atoms with Crippen LogP contribution in [0.25, 0.3) is 0 Å². The minimum Gasteiger partial charge on any atom is -0.345 e. The van der Waals surface area contributed by atoms with Crippen LogP contribution in [0.2, 0.25) is 0 Å². The van der Waals surface area contributed by atoms with Crippen LogP contribution >= 0.6 is 0 Å². The summed E-state index contributed by atoms with van der Waals surface area (Å²) >= 11 is 0. The van der Waals surface area contributed by atoms with E-state index in [0.29, 0.717) is 5.95 Å². The minimum atomic E-state index is -0.624. The van der Waals surface area contributed by atoms with E-state index in [1.54, 1.807) is 5.48 Å². The quantitative estimate of drug-likeness (QED) is 0.569. The molecule has 1 aromatic heterocycles. The Labute approximate surface area is 147 Å². The van der Waals surface area contributed by atoms with Crippen molar-refractivity contribution in [3.8, 4) is 0 Å². The summed E-state index contributed by atoms with van der Waals surface area (Å²) in [5.41, 5.74) is 2.78. The van der Waals surface area contributed by atoms with Gasteiger partial charge in [-0.3, -0.25) is 10.0 Å². The Balaban J connectivity index is 1.85. The molecular formula is C18H23N5O2. The lowest BCUT2D eigenvalue weighted by molar-refractivity contribution is 0.0705. The fourth-order valence-electron chi connectivity index (χ4n) is 3.28. The highest BCUT2D eigenvalue weighted by atomic mass is 16.5. The number of benzene rings is 1. The third kappa shape index (κ3) is 3.78. The maximum absolute atomic E-state index is 11.4. The molecule has 1 aromatic carbocycles.